The van der Waals surface area contributed by atoms with Gasteiger partial charge >= 0.3 is 6.09 Å². The van der Waals surface area contributed by atoms with Gasteiger partial charge in [-0.2, -0.15) is 5.26 Å². The zero-order valence-electron chi connectivity index (χ0n) is 12.6. The van der Waals surface area contributed by atoms with E-state index in [-0.39, 0.29) is 5.91 Å². The van der Waals surface area contributed by atoms with Gasteiger partial charge in [0.1, 0.15) is 11.6 Å². The Hall–Kier alpha value is -2.20. The average Bonchev–Trinajstić information content (AvgIpc) is 2.56. The quantitative estimate of drug-likeness (QED) is 0.830. The molecular formula is C15H17N3O3S. The highest BCUT2D eigenvalue weighted by Crippen LogP contribution is 2.31. The minimum atomic E-state index is -0.696. The predicted molar refractivity (Wildman–Crippen MR) is 83.7 cm³/mol. The smallest absolute Gasteiger partial charge is 0.408 e. The van der Waals surface area contributed by atoms with E-state index in [1.807, 2.05) is 6.07 Å². The molecule has 1 aromatic rings. The van der Waals surface area contributed by atoms with Crippen molar-refractivity contribution in [3.05, 3.63) is 23.8 Å². The zero-order chi connectivity index (χ0) is 16.3. The maximum Gasteiger partial charge on any atom is 0.408 e. The molecule has 0 saturated heterocycles. The number of carbonyl (C=O) groups excluding carboxylic acids is 2. The maximum atomic E-state index is 12.2. The molecule has 1 aromatic carbocycles. The van der Waals surface area contributed by atoms with Crippen LogP contribution in [0.1, 0.15) is 26.3 Å². The van der Waals surface area contributed by atoms with Crippen molar-refractivity contribution in [3.8, 4) is 6.07 Å². The molecule has 0 unspecified atom stereocenters. The average molecular weight is 319 g/mol. The maximum absolute atomic E-state index is 12.2. The predicted octanol–water partition coefficient (Wildman–Crippen LogP) is 2.50. The fraction of sp³-hybridized carbons (Fsp3) is 0.400. The number of nitriles is 1. The van der Waals surface area contributed by atoms with Gasteiger partial charge in [0, 0.05) is 10.6 Å². The number of thioether (sulfide) groups is 1. The summed E-state index contributed by atoms with van der Waals surface area (Å²) in [5.74, 6) is 0.0662. The van der Waals surface area contributed by atoms with Crippen LogP contribution in [0, 0.1) is 11.3 Å². The Kier molecular flexibility index (Phi) is 4.62. The highest BCUT2D eigenvalue weighted by Gasteiger charge is 2.27. The summed E-state index contributed by atoms with van der Waals surface area (Å²) in [7, 11) is 0. The lowest BCUT2D eigenvalue weighted by Crippen LogP contribution is -2.46. The molecule has 0 fully saturated rings. The van der Waals surface area contributed by atoms with Crippen LogP contribution >= 0.6 is 11.8 Å². The van der Waals surface area contributed by atoms with E-state index in [4.69, 9.17) is 10.00 Å². The van der Waals surface area contributed by atoms with Gasteiger partial charge in [0.25, 0.3) is 0 Å². The van der Waals surface area contributed by atoms with Gasteiger partial charge in [0.15, 0.2) is 0 Å². The van der Waals surface area contributed by atoms with E-state index in [0.717, 1.165) is 4.90 Å². The molecule has 1 heterocycles. The van der Waals surface area contributed by atoms with E-state index >= 15 is 0 Å². The van der Waals surface area contributed by atoms with Gasteiger partial charge in [-0.15, -0.1) is 11.8 Å². The van der Waals surface area contributed by atoms with Crippen molar-refractivity contribution < 1.29 is 14.3 Å². The minimum Gasteiger partial charge on any atom is -0.444 e. The minimum absolute atomic E-state index is 0.327. The Balaban J connectivity index is 2.08. The van der Waals surface area contributed by atoms with Crippen LogP contribution in [0.4, 0.5) is 10.5 Å². The Morgan fingerprint density at radius 1 is 1.50 bits per heavy atom. The van der Waals surface area contributed by atoms with E-state index in [9.17, 15) is 9.59 Å². The van der Waals surface area contributed by atoms with Crippen molar-refractivity contribution >= 4 is 29.4 Å². The Labute approximate surface area is 133 Å². The SMILES string of the molecule is CC(C)(C)OC(=O)N[C@H]1CSc2ccc(C#N)cc2NC1=O. The lowest BCUT2D eigenvalue weighted by molar-refractivity contribution is -0.117. The van der Waals surface area contributed by atoms with Crippen LogP contribution in [-0.4, -0.2) is 29.4 Å². The zero-order valence-corrected chi connectivity index (χ0v) is 13.4. The summed E-state index contributed by atoms with van der Waals surface area (Å²) in [5.41, 5.74) is 0.434. The molecule has 0 radical (unpaired) electrons. The van der Waals surface area contributed by atoms with Crippen LogP contribution < -0.4 is 10.6 Å². The molecule has 0 saturated carbocycles. The number of amides is 2. The molecule has 0 aromatic heterocycles. The number of alkyl carbamates (subject to hydrolysis) is 1. The Morgan fingerprint density at radius 3 is 2.86 bits per heavy atom. The Bertz CT molecular complexity index is 646. The molecule has 0 aliphatic carbocycles. The number of hydrogen-bond donors (Lipinski definition) is 2. The number of carbonyl (C=O) groups is 2. The highest BCUT2D eigenvalue weighted by molar-refractivity contribution is 7.99. The van der Waals surface area contributed by atoms with Crippen molar-refractivity contribution in [2.45, 2.75) is 37.3 Å². The van der Waals surface area contributed by atoms with Gasteiger partial charge < -0.3 is 15.4 Å². The first-order chi connectivity index (χ1) is 10.3. The van der Waals surface area contributed by atoms with Crippen molar-refractivity contribution in [1.82, 2.24) is 5.32 Å². The fourth-order valence-corrected chi connectivity index (χ4v) is 2.86. The summed E-state index contributed by atoms with van der Waals surface area (Å²) >= 11 is 1.44. The largest absolute Gasteiger partial charge is 0.444 e. The molecule has 0 bridgehead atoms. The van der Waals surface area contributed by atoms with E-state index in [1.54, 1.807) is 39.0 Å². The first-order valence-electron chi connectivity index (χ1n) is 6.76. The molecule has 2 N–H and O–H groups in total. The van der Waals surface area contributed by atoms with E-state index in [2.05, 4.69) is 10.6 Å². The van der Waals surface area contributed by atoms with E-state index < -0.39 is 17.7 Å². The molecule has 22 heavy (non-hydrogen) atoms. The standard InChI is InChI=1S/C15H17N3O3S/c1-15(2,3)21-14(20)18-11-8-22-12-5-4-9(7-16)6-10(12)17-13(11)19/h4-6,11H,8H2,1-3H3,(H,17,19)(H,18,20)/t11-/m0/s1. The summed E-state index contributed by atoms with van der Waals surface area (Å²) in [6.45, 7) is 5.27. The highest BCUT2D eigenvalue weighted by atomic mass is 32.2. The number of rotatable bonds is 1. The number of benzene rings is 1. The van der Waals surface area contributed by atoms with Crippen LogP contribution in [0.2, 0.25) is 0 Å². The topological polar surface area (TPSA) is 91.2 Å². The van der Waals surface area contributed by atoms with Crippen LogP contribution in [0.5, 0.6) is 0 Å². The van der Waals surface area contributed by atoms with E-state index in [0.29, 0.717) is 17.0 Å². The first-order valence-corrected chi connectivity index (χ1v) is 7.74. The number of nitrogens with zero attached hydrogens (tertiary/aromatic N) is 1. The van der Waals surface area contributed by atoms with Gasteiger partial charge in [0.2, 0.25) is 5.91 Å². The molecular weight excluding hydrogens is 302 g/mol. The summed E-state index contributed by atoms with van der Waals surface area (Å²) in [4.78, 5) is 24.9. The van der Waals surface area contributed by atoms with Crippen LogP contribution in [-0.2, 0) is 9.53 Å². The van der Waals surface area contributed by atoms with E-state index in [1.165, 1.54) is 11.8 Å². The number of fused-ring (bicyclic) bond motifs is 1. The summed E-state index contributed by atoms with van der Waals surface area (Å²) in [6, 6.07) is 6.44. The van der Waals surface area contributed by atoms with Crippen molar-refractivity contribution in [3.63, 3.8) is 0 Å². The van der Waals surface area contributed by atoms with Gasteiger partial charge in [0.05, 0.1) is 17.3 Å². The second-order valence-electron chi connectivity index (χ2n) is 5.82. The summed E-state index contributed by atoms with van der Waals surface area (Å²) in [5, 5.41) is 14.2. The molecule has 2 rings (SSSR count). The third-order valence-electron chi connectivity index (χ3n) is 2.78. The van der Waals surface area contributed by atoms with Crippen LogP contribution in [0.25, 0.3) is 0 Å². The summed E-state index contributed by atoms with van der Waals surface area (Å²) in [6.07, 6.45) is -0.628. The normalized spacial score (nSPS) is 17.5. The first kappa shape index (κ1) is 16.2. The lowest BCUT2D eigenvalue weighted by atomic mass is 10.2. The van der Waals surface area contributed by atoms with Gasteiger partial charge in [-0.25, -0.2) is 4.79 Å². The molecule has 1 aliphatic heterocycles. The van der Waals surface area contributed by atoms with Gasteiger partial charge in [-0.1, -0.05) is 0 Å². The Morgan fingerprint density at radius 2 is 2.23 bits per heavy atom. The van der Waals surface area contributed by atoms with Crippen molar-refractivity contribution in [1.29, 1.82) is 5.26 Å². The number of ether oxygens (including phenoxy) is 1. The fourth-order valence-electron chi connectivity index (χ4n) is 1.85. The molecule has 1 aliphatic rings. The summed E-state index contributed by atoms with van der Waals surface area (Å²) < 4.78 is 5.16. The lowest BCUT2D eigenvalue weighted by Gasteiger charge is -2.22. The van der Waals surface area contributed by atoms with Gasteiger partial charge in [-0.05, 0) is 39.0 Å². The molecule has 0 spiro atoms. The van der Waals surface area contributed by atoms with Crippen molar-refractivity contribution in [2.24, 2.45) is 0 Å². The van der Waals surface area contributed by atoms with Crippen LogP contribution in [0.15, 0.2) is 23.1 Å². The van der Waals surface area contributed by atoms with Gasteiger partial charge in [-0.3, -0.25) is 4.79 Å². The molecule has 6 nitrogen and oxygen atoms in total. The number of anilines is 1. The molecule has 1 atom stereocenters. The molecule has 7 heteroatoms. The third kappa shape index (κ3) is 4.15. The van der Waals surface area contributed by atoms with Crippen molar-refractivity contribution in [2.75, 3.05) is 11.1 Å². The second-order valence-corrected chi connectivity index (χ2v) is 6.88. The monoisotopic (exact) mass is 319 g/mol. The second kappa shape index (κ2) is 6.28. The third-order valence-corrected chi connectivity index (χ3v) is 3.95. The molecule has 2 amide bonds. The number of hydrogen-bond acceptors (Lipinski definition) is 5. The van der Waals surface area contributed by atoms with Crippen LogP contribution in [0.3, 0.4) is 0 Å². The number of nitrogens with one attached hydrogen (secondary N) is 2. The molecule has 116 valence electrons.